The van der Waals surface area contributed by atoms with E-state index in [9.17, 15) is 4.79 Å². The predicted molar refractivity (Wildman–Crippen MR) is 85.8 cm³/mol. The molecule has 3 rings (SSSR count). The highest BCUT2D eigenvalue weighted by Crippen LogP contribution is 2.13. The predicted octanol–water partition coefficient (Wildman–Crippen LogP) is 2.37. The van der Waals surface area contributed by atoms with Gasteiger partial charge in [-0.25, -0.2) is 9.97 Å². The molecule has 1 N–H and O–H groups in total. The van der Waals surface area contributed by atoms with Crippen LogP contribution in [0.2, 0.25) is 0 Å². The molecule has 1 aromatic heterocycles. The zero-order valence-corrected chi connectivity index (χ0v) is 12.5. The van der Waals surface area contributed by atoms with Gasteiger partial charge in [-0.15, -0.1) is 0 Å². The number of carbonyl (C=O) groups excluding carboxylic acids is 1. The van der Waals surface area contributed by atoms with E-state index in [0.717, 1.165) is 38.9 Å². The summed E-state index contributed by atoms with van der Waals surface area (Å²) in [7, 11) is 0. The summed E-state index contributed by atoms with van der Waals surface area (Å²) in [6.45, 7) is 2.44. The van der Waals surface area contributed by atoms with Crippen molar-refractivity contribution >= 4 is 11.7 Å². The number of anilines is 1. The van der Waals surface area contributed by atoms with E-state index in [1.54, 1.807) is 6.07 Å². The molecule has 2 aromatic rings. The van der Waals surface area contributed by atoms with Gasteiger partial charge in [-0.05, 0) is 24.8 Å². The Balaban J connectivity index is 1.58. The fourth-order valence-corrected chi connectivity index (χ4v) is 2.63. The smallest absolute Gasteiger partial charge is 0.272 e. The molecule has 5 nitrogen and oxygen atoms in total. The van der Waals surface area contributed by atoms with Crippen molar-refractivity contribution in [2.24, 2.45) is 0 Å². The van der Waals surface area contributed by atoms with E-state index in [4.69, 9.17) is 0 Å². The van der Waals surface area contributed by atoms with Crippen molar-refractivity contribution in [3.05, 3.63) is 54.0 Å². The highest BCUT2D eigenvalue weighted by Gasteiger charge is 2.20. The van der Waals surface area contributed by atoms with Crippen LogP contribution in [0.5, 0.6) is 0 Å². The van der Waals surface area contributed by atoms with Crippen molar-refractivity contribution < 1.29 is 4.79 Å². The molecule has 22 heavy (non-hydrogen) atoms. The van der Waals surface area contributed by atoms with Gasteiger partial charge >= 0.3 is 0 Å². The van der Waals surface area contributed by atoms with E-state index in [1.807, 2.05) is 23.1 Å². The minimum atomic E-state index is 0.00556. The van der Waals surface area contributed by atoms with E-state index in [2.05, 4.69) is 27.4 Å². The third kappa shape index (κ3) is 3.61. The molecular formula is C17H20N4O. The molecule has 0 radical (unpaired) electrons. The Kier molecular flexibility index (Phi) is 4.63. The number of nitrogens with one attached hydrogen (secondary N) is 1. The maximum absolute atomic E-state index is 12.3. The molecule has 5 heteroatoms. The lowest BCUT2D eigenvalue weighted by Gasteiger charge is -2.14. The summed E-state index contributed by atoms with van der Waals surface area (Å²) in [6.07, 6.45) is 4.53. The second-order valence-electron chi connectivity index (χ2n) is 5.45. The van der Waals surface area contributed by atoms with Gasteiger partial charge in [-0.1, -0.05) is 30.3 Å². The molecule has 0 unspecified atom stereocenters. The Morgan fingerprint density at radius 2 is 1.91 bits per heavy atom. The first-order chi connectivity index (χ1) is 10.8. The number of hydrogen-bond acceptors (Lipinski definition) is 4. The summed E-state index contributed by atoms with van der Waals surface area (Å²) in [6, 6.07) is 12.0. The van der Waals surface area contributed by atoms with E-state index >= 15 is 0 Å². The first-order valence-electron chi connectivity index (χ1n) is 7.72. The van der Waals surface area contributed by atoms with Crippen molar-refractivity contribution in [2.75, 3.05) is 25.0 Å². The van der Waals surface area contributed by atoms with E-state index < -0.39 is 0 Å². The van der Waals surface area contributed by atoms with Crippen molar-refractivity contribution in [1.29, 1.82) is 0 Å². The van der Waals surface area contributed by atoms with Gasteiger partial charge in [0.2, 0.25) is 0 Å². The Labute approximate surface area is 130 Å². The quantitative estimate of drug-likeness (QED) is 0.920. The monoisotopic (exact) mass is 296 g/mol. The van der Waals surface area contributed by atoms with Crippen LogP contribution < -0.4 is 5.32 Å². The van der Waals surface area contributed by atoms with Crippen LogP contribution in [0.1, 0.15) is 28.9 Å². The van der Waals surface area contributed by atoms with Crippen LogP contribution in [-0.4, -0.2) is 40.4 Å². The summed E-state index contributed by atoms with van der Waals surface area (Å²) < 4.78 is 0. The second-order valence-corrected chi connectivity index (χ2v) is 5.45. The van der Waals surface area contributed by atoms with Gasteiger partial charge in [0.15, 0.2) is 0 Å². The summed E-state index contributed by atoms with van der Waals surface area (Å²) in [5.74, 6) is 0.708. The second kappa shape index (κ2) is 7.02. The van der Waals surface area contributed by atoms with Crippen LogP contribution >= 0.6 is 0 Å². The fraction of sp³-hybridized carbons (Fsp3) is 0.353. The molecule has 1 fully saturated rings. The van der Waals surface area contributed by atoms with Crippen LogP contribution in [0.25, 0.3) is 0 Å². The topological polar surface area (TPSA) is 58.1 Å². The molecule has 0 aliphatic carbocycles. The maximum atomic E-state index is 12.3. The summed E-state index contributed by atoms with van der Waals surface area (Å²) in [5, 5.41) is 3.26. The van der Waals surface area contributed by atoms with Gasteiger partial charge in [0, 0.05) is 25.7 Å². The number of rotatable bonds is 5. The lowest BCUT2D eigenvalue weighted by molar-refractivity contribution is 0.0787. The first-order valence-corrected chi connectivity index (χ1v) is 7.72. The van der Waals surface area contributed by atoms with Crippen LogP contribution in [0.15, 0.2) is 42.7 Å². The van der Waals surface area contributed by atoms with Gasteiger partial charge in [-0.3, -0.25) is 4.79 Å². The molecule has 0 saturated carbocycles. The van der Waals surface area contributed by atoms with Gasteiger partial charge in [0.1, 0.15) is 17.8 Å². The lowest BCUT2D eigenvalue weighted by Crippen LogP contribution is -2.28. The number of nitrogens with zero attached hydrogens (tertiary/aromatic N) is 3. The van der Waals surface area contributed by atoms with Crippen LogP contribution in [-0.2, 0) is 6.42 Å². The molecule has 1 amide bonds. The van der Waals surface area contributed by atoms with Crippen molar-refractivity contribution in [1.82, 2.24) is 14.9 Å². The standard InChI is InChI=1S/C17H20N4O/c22-17(21-10-4-5-11-21)15-12-16(20-13-19-15)18-9-8-14-6-2-1-3-7-14/h1-3,6-7,12-13H,4-5,8-11H2,(H,18,19,20). The van der Waals surface area contributed by atoms with Gasteiger partial charge in [0.05, 0.1) is 0 Å². The molecule has 114 valence electrons. The zero-order chi connectivity index (χ0) is 15.2. The van der Waals surface area contributed by atoms with Crippen molar-refractivity contribution in [2.45, 2.75) is 19.3 Å². The molecular weight excluding hydrogens is 276 g/mol. The number of amides is 1. The van der Waals surface area contributed by atoms with Crippen LogP contribution in [0, 0.1) is 0 Å². The Hall–Kier alpha value is -2.43. The van der Waals surface area contributed by atoms with Gasteiger partial charge in [-0.2, -0.15) is 0 Å². The third-order valence-electron chi connectivity index (χ3n) is 3.84. The first kappa shape index (κ1) is 14.5. The normalized spacial score (nSPS) is 14.1. The molecule has 1 aromatic carbocycles. The average Bonchev–Trinajstić information content (AvgIpc) is 3.10. The van der Waals surface area contributed by atoms with E-state index in [0.29, 0.717) is 11.5 Å². The molecule has 1 aliphatic heterocycles. The van der Waals surface area contributed by atoms with Crippen molar-refractivity contribution in [3.8, 4) is 0 Å². The highest BCUT2D eigenvalue weighted by molar-refractivity contribution is 5.93. The molecule has 2 heterocycles. The van der Waals surface area contributed by atoms with Gasteiger partial charge < -0.3 is 10.2 Å². The molecule has 1 saturated heterocycles. The Morgan fingerprint density at radius 1 is 1.14 bits per heavy atom. The molecule has 0 bridgehead atoms. The zero-order valence-electron chi connectivity index (χ0n) is 12.5. The largest absolute Gasteiger partial charge is 0.370 e. The minimum Gasteiger partial charge on any atom is -0.370 e. The van der Waals surface area contributed by atoms with Crippen molar-refractivity contribution in [3.63, 3.8) is 0 Å². The number of benzene rings is 1. The van der Waals surface area contributed by atoms with Crippen LogP contribution in [0.3, 0.4) is 0 Å². The van der Waals surface area contributed by atoms with E-state index in [-0.39, 0.29) is 5.91 Å². The number of likely N-dealkylation sites (tertiary alicyclic amines) is 1. The summed E-state index contributed by atoms with van der Waals surface area (Å²) >= 11 is 0. The SMILES string of the molecule is O=C(c1cc(NCCc2ccccc2)ncn1)N1CCCC1. The number of hydrogen-bond donors (Lipinski definition) is 1. The number of aromatic nitrogens is 2. The summed E-state index contributed by atoms with van der Waals surface area (Å²) in [5.41, 5.74) is 1.75. The average molecular weight is 296 g/mol. The lowest BCUT2D eigenvalue weighted by atomic mass is 10.1. The van der Waals surface area contributed by atoms with Crippen LogP contribution in [0.4, 0.5) is 5.82 Å². The third-order valence-corrected chi connectivity index (χ3v) is 3.84. The Bertz CT molecular complexity index is 624. The minimum absolute atomic E-state index is 0.00556. The Morgan fingerprint density at radius 3 is 2.68 bits per heavy atom. The van der Waals surface area contributed by atoms with E-state index in [1.165, 1.54) is 11.9 Å². The fourth-order valence-electron chi connectivity index (χ4n) is 2.63. The number of carbonyl (C=O) groups is 1. The molecule has 0 atom stereocenters. The molecule has 1 aliphatic rings. The molecule has 0 spiro atoms. The highest BCUT2D eigenvalue weighted by atomic mass is 16.2. The summed E-state index contributed by atoms with van der Waals surface area (Å²) in [4.78, 5) is 22.5. The maximum Gasteiger partial charge on any atom is 0.272 e. The van der Waals surface area contributed by atoms with Gasteiger partial charge in [0.25, 0.3) is 5.91 Å².